The van der Waals surface area contributed by atoms with E-state index >= 15 is 0 Å². The van der Waals surface area contributed by atoms with E-state index in [0.717, 1.165) is 6.07 Å². The second-order valence-electron chi connectivity index (χ2n) is 5.14. The lowest BCUT2D eigenvalue weighted by Crippen LogP contribution is -2.25. The van der Waals surface area contributed by atoms with Gasteiger partial charge < -0.3 is 14.8 Å². The number of alkyl halides is 3. The van der Waals surface area contributed by atoms with Crippen molar-refractivity contribution < 1.29 is 22.7 Å². The second kappa shape index (κ2) is 6.66. The number of oxazole rings is 1. The minimum Gasteiger partial charge on any atom is -0.440 e. The Morgan fingerprint density at radius 3 is 2.64 bits per heavy atom. The molecule has 1 aromatic carbocycles. The van der Waals surface area contributed by atoms with E-state index in [4.69, 9.17) is 4.42 Å². The molecule has 0 radical (unpaired) electrons. The number of aryl methyl sites for hydroxylation is 1. The minimum atomic E-state index is -4.50. The number of nitrogens with zero attached hydrogens (tertiary/aromatic N) is 1. The van der Waals surface area contributed by atoms with Crippen LogP contribution in [0.3, 0.4) is 0 Å². The number of hydrogen-bond donors (Lipinski definition) is 2. The predicted molar refractivity (Wildman–Crippen MR) is 76.4 cm³/mol. The van der Waals surface area contributed by atoms with Gasteiger partial charge in [-0.05, 0) is 24.1 Å². The molecule has 0 saturated heterocycles. The van der Waals surface area contributed by atoms with Crippen molar-refractivity contribution in [3.05, 3.63) is 29.2 Å². The van der Waals surface area contributed by atoms with Gasteiger partial charge >= 0.3 is 6.18 Å². The summed E-state index contributed by atoms with van der Waals surface area (Å²) in [5.41, 5.74) is -0.370. The molecule has 0 fully saturated rings. The molecule has 0 saturated carbocycles. The van der Waals surface area contributed by atoms with Gasteiger partial charge in [0.25, 0.3) is 0 Å². The average molecular weight is 316 g/mol. The molecule has 22 heavy (non-hydrogen) atoms. The Morgan fingerprint density at radius 2 is 2.05 bits per heavy atom. The van der Waals surface area contributed by atoms with Crippen molar-refractivity contribution in [2.24, 2.45) is 0 Å². The molecule has 1 heterocycles. The van der Waals surface area contributed by atoms with Crippen LogP contribution in [0.25, 0.3) is 11.1 Å². The number of fused-ring (bicyclic) bond motifs is 1. The molecule has 2 N–H and O–H groups in total. The Kier molecular flexibility index (Phi) is 5.08. The van der Waals surface area contributed by atoms with Crippen molar-refractivity contribution >= 4 is 11.1 Å². The summed E-state index contributed by atoms with van der Waals surface area (Å²) in [6, 6.07) is 2.65. The predicted octanol–water partition coefficient (Wildman–Crippen LogP) is 3.27. The van der Waals surface area contributed by atoms with E-state index < -0.39 is 17.8 Å². The summed E-state index contributed by atoms with van der Waals surface area (Å²) in [4.78, 5) is 4.08. The van der Waals surface area contributed by atoms with Gasteiger partial charge in [0.2, 0.25) is 0 Å². The van der Waals surface area contributed by atoms with Crippen molar-refractivity contribution in [1.82, 2.24) is 10.3 Å². The summed E-state index contributed by atoms with van der Waals surface area (Å²) in [5, 5.41) is 12.4. The van der Waals surface area contributed by atoms with Crippen LogP contribution in [-0.2, 0) is 19.1 Å². The number of aromatic nitrogens is 1. The molecular formula is C15H19F3N2O2. The van der Waals surface area contributed by atoms with Gasteiger partial charge in [-0.3, -0.25) is 0 Å². The third kappa shape index (κ3) is 3.78. The van der Waals surface area contributed by atoms with Gasteiger partial charge in [-0.25, -0.2) is 4.98 Å². The van der Waals surface area contributed by atoms with Gasteiger partial charge in [0, 0.05) is 19.5 Å². The maximum absolute atomic E-state index is 13.2. The largest absolute Gasteiger partial charge is 0.440 e. The maximum atomic E-state index is 13.2. The van der Waals surface area contributed by atoms with Crippen LogP contribution in [0.5, 0.6) is 0 Å². The molecule has 2 aromatic rings. The third-order valence-corrected chi connectivity index (χ3v) is 3.38. The Hall–Kier alpha value is -1.60. The van der Waals surface area contributed by atoms with E-state index in [1.165, 1.54) is 0 Å². The number of benzene rings is 1. The Balaban J connectivity index is 2.31. The highest BCUT2D eigenvalue weighted by atomic mass is 19.4. The SMILES string of the molecule is CCc1nc2cc(CNCC(O)CC)cc(C(F)(F)F)c2o1. The normalized spacial score (nSPS) is 13.7. The first-order valence-electron chi connectivity index (χ1n) is 7.23. The smallest absolute Gasteiger partial charge is 0.420 e. The summed E-state index contributed by atoms with van der Waals surface area (Å²) in [5.74, 6) is 0.284. The summed E-state index contributed by atoms with van der Waals surface area (Å²) >= 11 is 0. The molecule has 0 aliphatic carbocycles. The Bertz CT molecular complexity index is 637. The molecule has 122 valence electrons. The van der Waals surface area contributed by atoms with E-state index in [9.17, 15) is 18.3 Å². The van der Waals surface area contributed by atoms with E-state index in [1.807, 2.05) is 6.92 Å². The van der Waals surface area contributed by atoms with E-state index in [-0.39, 0.29) is 23.5 Å². The van der Waals surface area contributed by atoms with Crippen LogP contribution in [0.15, 0.2) is 16.5 Å². The van der Waals surface area contributed by atoms with Crippen molar-refractivity contribution in [1.29, 1.82) is 0 Å². The molecule has 0 aliphatic rings. The highest BCUT2D eigenvalue weighted by Gasteiger charge is 2.35. The van der Waals surface area contributed by atoms with E-state index in [0.29, 0.717) is 24.9 Å². The van der Waals surface area contributed by atoms with Crippen LogP contribution in [0.2, 0.25) is 0 Å². The number of aliphatic hydroxyl groups is 1. The van der Waals surface area contributed by atoms with Gasteiger partial charge in [0.1, 0.15) is 11.1 Å². The standard InChI is InChI=1S/C15H19F3N2O2/c1-3-10(21)8-19-7-9-5-11(15(16,17)18)14-12(6-9)20-13(4-2)22-14/h5-6,10,19,21H,3-4,7-8H2,1-2H3. The van der Waals surface area contributed by atoms with Crippen LogP contribution < -0.4 is 5.32 Å². The topological polar surface area (TPSA) is 58.3 Å². The highest BCUT2D eigenvalue weighted by Crippen LogP contribution is 2.36. The molecule has 1 aromatic heterocycles. The van der Waals surface area contributed by atoms with Crippen LogP contribution in [-0.4, -0.2) is 22.7 Å². The van der Waals surface area contributed by atoms with Crippen LogP contribution in [0.1, 0.15) is 37.3 Å². The summed E-state index contributed by atoms with van der Waals surface area (Å²) in [6.45, 7) is 4.16. The van der Waals surface area contributed by atoms with Gasteiger partial charge in [-0.1, -0.05) is 13.8 Å². The molecule has 4 nitrogen and oxygen atoms in total. The van der Waals surface area contributed by atoms with E-state index in [2.05, 4.69) is 10.3 Å². The van der Waals surface area contributed by atoms with Crippen LogP contribution in [0.4, 0.5) is 13.2 Å². The van der Waals surface area contributed by atoms with Gasteiger partial charge in [-0.15, -0.1) is 0 Å². The number of aliphatic hydroxyl groups excluding tert-OH is 1. The number of nitrogens with one attached hydrogen (secondary N) is 1. The van der Waals surface area contributed by atoms with Crippen LogP contribution >= 0.6 is 0 Å². The van der Waals surface area contributed by atoms with Gasteiger partial charge in [-0.2, -0.15) is 13.2 Å². The summed E-state index contributed by atoms with van der Waals surface area (Å²) in [6.07, 6.45) is -3.99. The average Bonchev–Trinajstić information content (AvgIpc) is 2.88. The third-order valence-electron chi connectivity index (χ3n) is 3.38. The second-order valence-corrected chi connectivity index (χ2v) is 5.14. The monoisotopic (exact) mass is 316 g/mol. The Labute approximate surface area is 126 Å². The molecule has 0 bridgehead atoms. The zero-order valence-corrected chi connectivity index (χ0v) is 12.5. The van der Waals surface area contributed by atoms with E-state index in [1.54, 1.807) is 13.0 Å². The lowest BCUT2D eigenvalue weighted by molar-refractivity contribution is -0.136. The fourth-order valence-corrected chi connectivity index (χ4v) is 2.13. The molecule has 0 aliphatic heterocycles. The molecule has 1 unspecified atom stereocenters. The van der Waals surface area contributed by atoms with Crippen molar-refractivity contribution in [2.45, 2.75) is 45.5 Å². The molecule has 0 spiro atoms. The first kappa shape index (κ1) is 16.8. The fraction of sp³-hybridized carbons (Fsp3) is 0.533. The first-order valence-corrected chi connectivity index (χ1v) is 7.23. The highest BCUT2D eigenvalue weighted by molar-refractivity contribution is 5.78. The molecule has 1 atom stereocenters. The van der Waals surface area contributed by atoms with Crippen molar-refractivity contribution in [2.75, 3.05) is 6.54 Å². The molecule has 2 rings (SSSR count). The molecule has 0 amide bonds. The maximum Gasteiger partial charge on any atom is 0.420 e. The lowest BCUT2D eigenvalue weighted by atomic mass is 10.1. The van der Waals surface area contributed by atoms with Crippen molar-refractivity contribution in [3.63, 3.8) is 0 Å². The molecular weight excluding hydrogens is 297 g/mol. The zero-order valence-electron chi connectivity index (χ0n) is 12.5. The zero-order chi connectivity index (χ0) is 16.3. The fourth-order valence-electron chi connectivity index (χ4n) is 2.13. The number of halogens is 3. The summed E-state index contributed by atoms with van der Waals surface area (Å²) in [7, 11) is 0. The quantitative estimate of drug-likeness (QED) is 0.859. The first-order chi connectivity index (χ1) is 10.3. The van der Waals surface area contributed by atoms with Gasteiger partial charge in [0.05, 0.1) is 6.10 Å². The summed E-state index contributed by atoms with van der Waals surface area (Å²) < 4.78 is 44.7. The lowest BCUT2D eigenvalue weighted by Gasteiger charge is -2.12. The van der Waals surface area contributed by atoms with Gasteiger partial charge in [0.15, 0.2) is 11.5 Å². The Morgan fingerprint density at radius 1 is 1.32 bits per heavy atom. The van der Waals surface area contributed by atoms with Crippen LogP contribution in [0, 0.1) is 0 Å². The minimum absolute atomic E-state index is 0.208. The number of hydrogen-bond acceptors (Lipinski definition) is 4. The van der Waals surface area contributed by atoms with Crippen molar-refractivity contribution in [3.8, 4) is 0 Å². The molecule has 7 heteroatoms. The number of rotatable bonds is 6.